The van der Waals surface area contributed by atoms with Gasteiger partial charge in [0, 0.05) is 24.8 Å². The molecule has 0 amide bonds. The quantitative estimate of drug-likeness (QED) is 0.417. The number of hydrogen-bond acceptors (Lipinski definition) is 5. The summed E-state index contributed by atoms with van der Waals surface area (Å²) in [5.74, 6) is 2.33. The van der Waals surface area contributed by atoms with E-state index in [2.05, 4.69) is 39.1 Å². The van der Waals surface area contributed by atoms with Crippen LogP contribution in [0.25, 0.3) is 0 Å². The van der Waals surface area contributed by atoms with Crippen LogP contribution in [0.3, 0.4) is 0 Å². The van der Waals surface area contributed by atoms with E-state index in [-0.39, 0.29) is 41.0 Å². The number of fused-ring (bicyclic) bond motifs is 5. The molecule has 4 aliphatic carbocycles. The summed E-state index contributed by atoms with van der Waals surface area (Å²) < 4.78 is 5.58. The maximum atomic E-state index is 11.8. The minimum absolute atomic E-state index is 0.00333. The average molecular weight is 474 g/mol. The molecule has 3 saturated carbocycles. The van der Waals surface area contributed by atoms with Crippen molar-refractivity contribution in [3.05, 3.63) is 11.6 Å². The van der Waals surface area contributed by atoms with Crippen LogP contribution in [-0.2, 0) is 9.53 Å². The van der Waals surface area contributed by atoms with E-state index in [9.17, 15) is 15.0 Å². The summed E-state index contributed by atoms with van der Waals surface area (Å²) in [6.45, 7) is 11.9. The van der Waals surface area contributed by atoms with Crippen LogP contribution in [0.4, 0.5) is 0 Å². The molecule has 3 N–H and O–H groups in total. The standard InChI is InChI=1S/C29H47NO4/c1-16-6-9-24(30-15-16)17(2)27-25(32)13-23-21-8-7-19-12-20(34-18(3)31)10-11-28(19,4)22(21)14-26(33)29(23,27)5/h7,16-17,20-27,30,32-33H,6,8-15H2,1-5H3/t16-,17+,20-,21+,22-,23+,24+,25+,26-,27+,28-,29+/m0/s1. The van der Waals surface area contributed by atoms with Crippen LogP contribution >= 0.6 is 0 Å². The van der Waals surface area contributed by atoms with E-state index in [0.717, 1.165) is 51.0 Å². The molecule has 0 spiro atoms. The second-order valence-corrected chi connectivity index (χ2v) is 13.2. The molecule has 1 aliphatic heterocycles. The number of hydrogen-bond donors (Lipinski definition) is 3. The van der Waals surface area contributed by atoms with Crippen molar-refractivity contribution < 1.29 is 19.7 Å². The van der Waals surface area contributed by atoms with Crippen molar-refractivity contribution in [2.24, 2.45) is 46.3 Å². The SMILES string of the molecule is CC(=O)O[C@H]1CC[C@@]2(C)C(=CC[C@H]3[C@H]4C[C@@H](O)[C@@H]([C@H](C)[C@H]5CC[C@H](C)CN5)[C@@]4(C)[C@@H](O)C[C@@H]32)C1. The molecule has 5 rings (SSSR count). The Morgan fingerprint density at radius 3 is 2.62 bits per heavy atom. The summed E-state index contributed by atoms with van der Waals surface area (Å²) in [4.78, 5) is 11.5. The normalized spacial score (nSPS) is 51.5. The predicted molar refractivity (Wildman–Crippen MR) is 133 cm³/mol. The van der Waals surface area contributed by atoms with Crippen molar-refractivity contribution in [1.29, 1.82) is 0 Å². The van der Waals surface area contributed by atoms with Crippen molar-refractivity contribution in [3.63, 3.8) is 0 Å². The molecule has 34 heavy (non-hydrogen) atoms. The van der Waals surface area contributed by atoms with Gasteiger partial charge in [-0.2, -0.15) is 0 Å². The predicted octanol–water partition coefficient (Wildman–Crippen LogP) is 4.46. The number of carbonyl (C=O) groups is 1. The van der Waals surface area contributed by atoms with E-state index in [1.165, 1.54) is 25.3 Å². The third-order valence-electron chi connectivity index (χ3n) is 11.5. The van der Waals surface area contributed by atoms with Gasteiger partial charge in [-0.3, -0.25) is 4.79 Å². The van der Waals surface area contributed by atoms with Gasteiger partial charge < -0.3 is 20.3 Å². The minimum Gasteiger partial charge on any atom is -0.462 e. The van der Waals surface area contributed by atoms with Crippen molar-refractivity contribution in [3.8, 4) is 0 Å². The fourth-order valence-corrected chi connectivity index (χ4v) is 9.63. The van der Waals surface area contributed by atoms with E-state index < -0.39 is 0 Å². The zero-order valence-corrected chi connectivity index (χ0v) is 21.9. The maximum absolute atomic E-state index is 11.8. The monoisotopic (exact) mass is 473 g/mol. The highest BCUT2D eigenvalue weighted by atomic mass is 16.5. The van der Waals surface area contributed by atoms with Gasteiger partial charge in [0.2, 0.25) is 0 Å². The number of carbonyl (C=O) groups excluding carboxylic acids is 1. The largest absolute Gasteiger partial charge is 0.462 e. The fourth-order valence-electron chi connectivity index (χ4n) is 9.63. The van der Waals surface area contributed by atoms with Gasteiger partial charge in [-0.1, -0.05) is 39.3 Å². The average Bonchev–Trinajstić information content (AvgIpc) is 3.06. The third-order valence-corrected chi connectivity index (χ3v) is 11.5. The number of piperidine rings is 1. The highest BCUT2D eigenvalue weighted by molar-refractivity contribution is 5.66. The number of nitrogens with one attached hydrogen (secondary N) is 1. The van der Waals surface area contributed by atoms with E-state index in [1.807, 2.05) is 0 Å². The Morgan fingerprint density at radius 2 is 1.94 bits per heavy atom. The van der Waals surface area contributed by atoms with Gasteiger partial charge >= 0.3 is 5.97 Å². The number of aliphatic hydroxyl groups excluding tert-OH is 2. The Morgan fingerprint density at radius 1 is 1.18 bits per heavy atom. The van der Waals surface area contributed by atoms with E-state index in [1.54, 1.807) is 0 Å². The van der Waals surface area contributed by atoms with Gasteiger partial charge in [0.15, 0.2) is 0 Å². The molecular weight excluding hydrogens is 426 g/mol. The number of allylic oxidation sites excluding steroid dienone is 1. The van der Waals surface area contributed by atoms with Gasteiger partial charge in [0.25, 0.3) is 0 Å². The summed E-state index contributed by atoms with van der Waals surface area (Å²) in [7, 11) is 0. The van der Waals surface area contributed by atoms with Gasteiger partial charge in [0.05, 0.1) is 12.2 Å². The summed E-state index contributed by atoms with van der Waals surface area (Å²) in [5, 5.41) is 27.0. The van der Waals surface area contributed by atoms with Crippen LogP contribution in [0.2, 0.25) is 0 Å². The van der Waals surface area contributed by atoms with Crippen LogP contribution in [0.1, 0.15) is 86.0 Å². The molecule has 4 fully saturated rings. The van der Waals surface area contributed by atoms with Crippen molar-refractivity contribution in [1.82, 2.24) is 5.32 Å². The van der Waals surface area contributed by atoms with Crippen molar-refractivity contribution in [2.45, 2.75) is 110 Å². The first-order chi connectivity index (χ1) is 16.1. The van der Waals surface area contributed by atoms with Crippen molar-refractivity contribution >= 4 is 5.97 Å². The topological polar surface area (TPSA) is 78.8 Å². The molecule has 0 aromatic heterocycles. The van der Waals surface area contributed by atoms with Gasteiger partial charge in [-0.25, -0.2) is 0 Å². The smallest absolute Gasteiger partial charge is 0.302 e. The summed E-state index contributed by atoms with van der Waals surface area (Å²) in [6.07, 6.45) is 9.58. The molecule has 192 valence electrons. The van der Waals surface area contributed by atoms with Crippen LogP contribution in [-0.4, -0.2) is 47.1 Å². The fraction of sp³-hybridized carbons (Fsp3) is 0.897. The second kappa shape index (κ2) is 8.88. The molecule has 0 aromatic rings. The lowest BCUT2D eigenvalue weighted by atomic mass is 9.46. The zero-order chi connectivity index (χ0) is 24.4. The van der Waals surface area contributed by atoms with Gasteiger partial charge in [-0.15, -0.1) is 0 Å². The maximum Gasteiger partial charge on any atom is 0.302 e. The van der Waals surface area contributed by atoms with E-state index in [0.29, 0.717) is 29.7 Å². The Hall–Kier alpha value is -0.910. The van der Waals surface area contributed by atoms with Gasteiger partial charge in [-0.05, 0) is 92.4 Å². The van der Waals surface area contributed by atoms with Gasteiger partial charge in [0.1, 0.15) is 6.10 Å². The molecule has 5 aliphatic rings. The molecule has 0 radical (unpaired) electrons. The van der Waals surface area contributed by atoms with Crippen molar-refractivity contribution in [2.75, 3.05) is 6.54 Å². The number of esters is 1. The first kappa shape index (κ1) is 24.8. The minimum atomic E-state index is -0.381. The lowest BCUT2D eigenvalue weighted by Crippen LogP contribution is -2.58. The molecular formula is C29H47NO4. The first-order valence-corrected chi connectivity index (χ1v) is 14.0. The zero-order valence-electron chi connectivity index (χ0n) is 21.9. The molecule has 12 atom stereocenters. The summed E-state index contributed by atoms with van der Waals surface area (Å²) >= 11 is 0. The Balaban J connectivity index is 1.39. The lowest BCUT2D eigenvalue weighted by Gasteiger charge is -2.60. The molecule has 1 heterocycles. The Labute approximate surface area is 206 Å². The Bertz CT molecular complexity index is 819. The third kappa shape index (κ3) is 3.80. The van der Waals surface area contributed by atoms with Crippen LogP contribution in [0.5, 0.6) is 0 Å². The number of ether oxygens (including phenoxy) is 1. The molecule has 0 bridgehead atoms. The summed E-state index contributed by atoms with van der Waals surface area (Å²) in [5.41, 5.74) is 1.27. The van der Waals surface area contributed by atoms with E-state index in [4.69, 9.17) is 4.74 Å². The molecule has 5 heteroatoms. The number of aliphatic hydroxyl groups is 2. The molecule has 0 aromatic carbocycles. The number of rotatable bonds is 3. The van der Waals surface area contributed by atoms with E-state index >= 15 is 0 Å². The highest BCUT2D eigenvalue weighted by Gasteiger charge is 2.65. The molecule has 1 saturated heterocycles. The Kier molecular flexibility index (Phi) is 6.47. The van der Waals surface area contributed by atoms with Crippen LogP contribution in [0.15, 0.2) is 11.6 Å². The summed E-state index contributed by atoms with van der Waals surface area (Å²) in [6, 6.07) is 0.434. The van der Waals surface area contributed by atoms with Crippen LogP contribution < -0.4 is 5.32 Å². The molecule has 0 unspecified atom stereocenters. The lowest BCUT2D eigenvalue weighted by molar-refractivity contribution is -0.153. The first-order valence-electron chi connectivity index (χ1n) is 14.0. The molecule has 5 nitrogen and oxygen atoms in total. The second-order valence-electron chi connectivity index (χ2n) is 13.2. The van der Waals surface area contributed by atoms with Crippen LogP contribution in [0, 0.1) is 46.3 Å². The highest BCUT2D eigenvalue weighted by Crippen LogP contribution is 2.67.